The van der Waals surface area contributed by atoms with Gasteiger partial charge in [0.05, 0.1) is 23.5 Å². The molecule has 0 spiro atoms. The van der Waals surface area contributed by atoms with Gasteiger partial charge in [0.25, 0.3) is 5.69 Å². The maximum Gasteiger partial charge on any atom is 0.292 e. The van der Waals surface area contributed by atoms with Gasteiger partial charge in [0.15, 0.2) is 0 Å². The van der Waals surface area contributed by atoms with Crippen LogP contribution >= 0.6 is 0 Å². The number of benzene rings is 1. The molecule has 1 amide bonds. The minimum Gasteiger partial charge on any atom is -0.376 e. The first-order valence-electron chi connectivity index (χ1n) is 6.54. The number of nitro benzene ring substituents is 1. The Balaban J connectivity index is 1.94. The third kappa shape index (κ3) is 2.20. The average molecular weight is 277 g/mol. The summed E-state index contributed by atoms with van der Waals surface area (Å²) in [6.07, 6.45) is 1.01. The maximum absolute atomic E-state index is 11.4. The monoisotopic (exact) mass is 277 g/mol. The van der Waals surface area contributed by atoms with E-state index in [0.29, 0.717) is 23.5 Å². The van der Waals surface area contributed by atoms with Gasteiger partial charge >= 0.3 is 0 Å². The normalized spacial score (nSPS) is 24.4. The van der Waals surface area contributed by atoms with Crippen LogP contribution in [0.5, 0.6) is 0 Å². The second kappa shape index (κ2) is 4.75. The van der Waals surface area contributed by atoms with Crippen LogP contribution < -0.4 is 10.6 Å². The predicted molar refractivity (Wildman–Crippen MR) is 72.9 cm³/mol. The standard InChI is InChI=1S/C13H15N3O4/c1-7-9(2-3-20-7)14-11-6-10-8(5-13(17)15-10)4-12(11)16(18)19/h4,6-7,9,14H,2-3,5H2,1H3,(H,15,17). The summed E-state index contributed by atoms with van der Waals surface area (Å²) < 4.78 is 5.45. The lowest BCUT2D eigenvalue weighted by molar-refractivity contribution is -0.384. The average Bonchev–Trinajstić information content (AvgIpc) is 2.93. The zero-order chi connectivity index (χ0) is 14.3. The molecule has 2 N–H and O–H groups in total. The van der Waals surface area contributed by atoms with Gasteiger partial charge in [0, 0.05) is 18.4 Å². The van der Waals surface area contributed by atoms with Crippen molar-refractivity contribution in [3.8, 4) is 0 Å². The van der Waals surface area contributed by atoms with E-state index in [2.05, 4.69) is 10.6 Å². The summed E-state index contributed by atoms with van der Waals surface area (Å²) in [5, 5.41) is 17.1. The van der Waals surface area contributed by atoms with Crippen molar-refractivity contribution in [3.05, 3.63) is 27.8 Å². The number of carbonyl (C=O) groups is 1. The van der Waals surface area contributed by atoms with Crippen molar-refractivity contribution in [3.63, 3.8) is 0 Å². The minimum absolute atomic E-state index is 0.000602. The molecule has 1 aromatic rings. The fraction of sp³-hybridized carbons (Fsp3) is 0.462. The molecule has 2 aliphatic rings. The number of fused-ring (bicyclic) bond motifs is 1. The summed E-state index contributed by atoms with van der Waals surface area (Å²) in [5.74, 6) is -0.135. The number of nitrogens with zero attached hydrogens (tertiary/aromatic N) is 1. The molecule has 7 nitrogen and oxygen atoms in total. The Morgan fingerprint density at radius 2 is 2.30 bits per heavy atom. The summed E-state index contributed by atoms with van der Waals surface area (Å²) in [4.78, 5) is 22.1. The molecule has 2 unspecified atom stereocenters. The number of anilines is 2. The van der Waals surface area contributed by atoms with Crippen molar-refractivity contribution in [1.82, 2.24) is 0 Å². The molecule has 20 heavy (non-hydrogen) atoms. The second-order valence-electron chi connectivity index (χ2n) is 5.12. The third-order valence-corrected chi connectivity index (χ3v) is 3.76. The van der Waals surface area contributed by atoms with Gasteiger partial charge in [-0.25, -0.2) is 0 Å². The van der Waals surface area contributed by atoms with Gasteiger partial charge in [0.1, 0.15) is 5.69 Å². The number of rotatable bonds is 3. The van der Waals surface area contributed by atoms with E-state index in [9.17, 15) is 14.9 Å². The zero-order valence-electron chi connectivity index (χ0n) is 11.0. The molecule has 106 valence electrons. The van der Waals surface area contributed by atoms with E-state index in [1.807, 2.05) is 6.92 Å². The van der Waals surface area contributed by atoms with Crippen LogP contribution in [-0.2, 0) is 16.0 Å². The van der Waals surface area contributed by atoms with Crippen molar-refractivity contribution in [2.24, 2.45) is 0 Å². The molecule has 3 rings (SSSR count). The van der Waals surface area contributed by atoms with Crippen LogP contribution in [0.2, 0.25) is 0 Å². The van der Waals surface area contributed by atoms with Crippen molar-refractivity contribution in [1.29, 1.82) is 0 Å². The Bertz CT molecular complexity index is 587. The highest BCUT2D eigenvalue weighted by molar-refractivity contribution is 6.00. The Morgan fingerprint density at radius 3 is 2.95 bits per heavy atom. The molecule has 1 saturated heterocycles. The molecule has 0 saturated carbocycles. The van der Waals surface area contributed by atoms with Gasteiger partial charge in [-0.3, -0.25) is 14.9 Å². The molecular weight excluding hydrogens is 262 g/mol. The fourth-order valence-electron chi connectivity index (χ4n) is 2.65. The Kier molecular flexibility index (Phi) is 3.06. The lowest BCUT2D eigenvalue weighted by atomic mass is 10.1. The molecule has 0 bridgehead atoms. The van der Waals surface area contributed by atoms with Crippen LogP contribution in [0.1, 0.15) is 18.9 Å². The van der Waals surface area contributed by atoms with Gasteiger partial charge in [0.2, 0.25) is 5.91 Å². The van der Waals surface area contributed by atoms with Crippen molar-refractivity contribution in [2.75, 3.05) is 17.2 Å². The smallest absolute Gasteiger partial charge is 0.292 e. The van der Waals surface area contributed by atoms with E-state index < -0.39 is 4.92 Å². The first-order chi connectivity index (χ1) is 9.54. The number of hydrogen-bond donors (Lipinski definition) is 2. The molecule has 0 aromatic heterocycles. The highest BCUT2D eigenvalue weighted by Crippen LogP contribution is 2.35. The number of hydrogen-bond acceptors (Lipinski definition) is 5. The van der Waals surface area contributed by atoms with Crippen LogP contribution in [0, 0.1) is 10.1 Å². The molecule has 7 heteroatoms. The van der Waals surface area contributed by atoms with Gasteiger partial charge in [-0.2, -0.15) is 0 Å². The van der Waals surface area contributed by atoms with Crippen LogP contribution in [-0.4, -0.2) is 29.6 Å². The molecule has 0 radical (unpaired) electrons. The van der Waals surface area contributed by atoms with Crippen molar-refractivity contribution < 1.29 is 14.5 Å². The Labute approximate surface area is 115 Å². The summed E-state index contributed by atoms with van der Waals surface area (Å²) in [6, 6.07) is 3.16. The topological polar surface area (TPSA) is 93.5 Å². The van der Waals surface area contributed by atoms with Crippen LogP contribution in [0.3, 0.4) is 0 Å². The van der Waals surface area contributed by atoms with Crippen molar-refractivity contribution in [2.45, 2.75) is 31.9 Å². The van der Waals surface area contributed by atoms with Gasteiger partial charge in [-0.15, -0.1) is 0 Å². The molecule has 1 aromatic carbocycles. The van der Waals surface area contributed by atoms with E-state index in [0.717, 1.165) is 6.42 Å². The van der Waals surface area contributed by atoms with E-state index in [4.69, 9.17) is 4.74 Å². The molecule has 2 atom stereocenters. The first kappa shape index (κ1) is 12.9. The lowest BCUT2D eigenvalue weighted by Gasteiger charge is -2.18. The van der Waals surface area contributed by atoms with E-state index in [-0.39, 0.29) is 30.2 Å². The number of carbonyl (C=O) groups excluding carboxylic acids is 1. The summed E-state index contributed by atoms with van der Waals surface area (Å²) >= 11 is 0. The number of amides is 1. The Morgan fingerprint density at radius 1 is 1.50 bits per heavy atom. The quantitative estimate of drug-likeness (QED) is 0.647. The molecule has 1 fully saturated rings. The molecule has 2 aliphatic heterocycles. The number of nitro groups is 1. The third-order valence-electron chi connectivity index (χ3n) is 3.76. The number of nitrogens with one attached hydrogen (secondary N) is 2. The maximum atomic E-state index is 11.4. The van der Waals surface area contributed by atoms with Gasteiger partial charge in [-0.1, -0.05) is 0 Å². The zero-order valence-corrected chi connectivity index (χ0v) is 11.0. The largest absolute Gasteiger partial charge is 0.376 e. The van der Waals surface area contributed by atoms with Crippen molar-refractivity contribution >= 4 is 23.0 Å². The van der Waals surface area contributed by atoms with Crippen LogP contribution in [0.25, 0.3) is 0 Å². The Hall–Kier alpha value is -2.15. The summed E-state index contributed by atoms with van der Waals surface area (Å²) in [7, 11) is 0. The highest BCUT2D eigenvalue weighted by atomic mass is 16.6. The molecular formula is C13H15N3O4. The first-order valence-corrected chi connectivity index (χ1v) is 6.54. The van der Waals surface area contributed by atoms with E-state index in [1.54, 1.807) is 6.07 Å². The summed E-state index contributed by atoms with van der Waals surface area (Å²) in [5.41, 5.74) is 1.75. The van der Waals surface area contributed by atoms with Crippen LogP contribution in [0.4, 0.5) is 17.1 Å². The number of ether oxygens (including phenoxy) is 1. The molecule has 2 heterocycles. The molecule has 0 aliphatic carbocycles. The second-order valence-corrected chi connectivity index (χ2v) is 5.12. The predicted octanol–water partition coefficient (Wildman–Crippen LogP) is 1.68. The summed E-state index contributed by atoms with van der Waals surface area (Å²) in [6.45, 7) is 2.58. The van der Waals surface area contributed by atoms with Crippen LogP contribution in [0.15, 0.2) is 12.1 Å². The minimum atomic E-state index is -0.425. The highest BCUT2D eigenvalue weighted by Gasteiger charge is 2.29. The van der Waals surface area contributed by atoms with Gasteiger partial charge < -0.3 is 15.4 Å². The van der Waals surface area contributed by atoms with E-state index in [1.165, 1.54) is 6.07 Å². The fourth-order valence-corrected chi connectivity index (χ4v) is 2.65. The van der Waals surface area contributed by atoms with Gasteiger partial charge in [-0.05, 0) is 25.0 Å². The van der Waals surface area contributed by atoms with E-state index >= 15 is 0 Å². The SMILES string of the molecule is CC1OCCC1Nc1cc2c(cc1[N+](=O)[O-])CC(=O)N2. The lowest BCUT2D eigenvalue weighted by Crippen LogP contribution is -2.27.